The first-order chi connectivity index (χ1) is 10.3. The summed E-state index contributed by atoms with van der Waals surface area (Å²) in [5.41, 5.74) is 2.14. The summed E-state index contributed by atoms with van der Waals surface area (Å²) in [6.07, 6.45) is 21.4. The molecule has 21 heavy (non-hydrogen) atoms. The van der Waals surface area contributed by atoms with E-state index in [1.807, 2.05) is 36.5 Å². The van der Waals surface area contributed by atoms with E-state index in [1.165, 1.54) is 0 Å². The summed E-state index contributed by atoms with van der Waals surface area (Å²) in [5.74, 6) is 6.20. The van der Waals surface area contributed by atoms with Crippen molar-refractivity contribution in [2.24, 2.45) is 4.99 Å². The summed E-state index contributed by atoms with van der Waals surface area (Å²) in [4.78, 5) is 3.92. The fourth-order valence-electron chi connectivity index (χ4n) is 1.48. The summed E-state index contributed by atoms with van der Waals surface area (Å²) in [6, 6.07) is 0. The lowest BCUT2D eigenvalue weighted by Gasteiger charge is -1.91. The molecule has 0 saturated heterocycles. The van der Waals surface area contributed by atoms with Crippen LogP contribution >= 0.6 is 0 Å². The third-order valence-electron chi connectivity index (χ3n) is 2.38. The van der Waals surface area contributed by atoms with Crippen LogP contribution in [-0.4, -0.2) is 13.3 Å². The number of allylic oxidation sites excluding steroid dienone is 11. The Morgan fingerprint density at radius 1 is 1.05 bits per heavy atom. The van der Waals surface area contributed by atoms with Crippen molar-refractivity contribution in [2.45, 2.75) is 26.7 Å². The summed E-state index contributed by atoms with van der Waals surface area (Å²) in [5, 5.41) is 0. The molecule has 0 fully saturated rings. The molecule has 0 bridgehead atoms. The van der Waals surface area contributed by atoms with Gasteiger partial charge in [0.2, 0.25) is 0 Å². The fraction of sp³-hybridized carbons (Fsp3) is 0.250. The molecule has 0 aliphatic carbocycles. The van der Waals surface area contributed by atoms with Gasteiger partial charge < -0.3 is 0 Å². The van der Waals surface area contributed by atoms with Crippen LogP contribution in [0.25, 0.3) is 0 Å². The van der Waals surface area contributed by atoms with E-state index < -0.39 is 0 Å². The molecule has 0 aromatic rings. The van der Waals surface area contributed by atoms with Gasteiger partial charge in [0.05, 0.1) is 0 Å². The molecule has 0 rings (SSSR count). The van der Waals surface area contributed by atoms with Crippen molar-refractivity contribution in [3.8, 4) is 11.8 Å². The molecule has 0 heterocycles. The van der Waals surface area contributed by atoms with Crippen molar-refractivity contribution in [1.82, 2.24) is 0 Å². The number of rotatable bonds is 7. The van der Waals surface area contributed by atoms with Gasteiger partial charge in [0, 0.05) is 18.8 Å². The second-order valence-electron chi connectivity index (χ2n) is 4.14. The molecule has 0 atom stereocenters. The predicted molar refractivity (Wildman–Crippen MR) is 96.6 cm³/mol. The molecule has 0 N–H and O–H groups in total. The Morgan fingerprint density at radius 2 is 1.81 bits per heavy atom. The molecular weight excluding hydrogens is 254 g/mol. The van der Waals surface area contributed by atoms with Gasteiger partial charge in [-0.05, 0) is 42.7 Å². The standard InChI is InChI=1S/C20H25N/c1-5-8-14-19(12-6-2)15-9-10-16-20(13-7-3)17-11-18-21-4/h5,8,10-14,16-18H,1,6-7H2,2-4H3/b14-8-,16-10?,17-11-,19-12+,20-13-,21-18+. The minimum absolute atomic E-state index is 0.968. The average molecular weight is 279 g/mol. The van der Waals surface area contributed by atoms with Crippen molar-refractivity contribution in [2.75, 3.05) is 7.05 Å². The Hall–Kier alpha value is -2.33. The van der Waals surface area contributed by atoms with Gasteiger partial charge >= 0.3 is 0 Å². The van der Waals surface area contributed by atoms with Gasteiger partial charge in [-0.25, -0.2) is 0 Å². The van der Waals surface area contributed by atoms with Crippen LogP contribution in [0.5, 0.6) is 0 Å². The lowest BCUT2D eigenvalue weighted by molar-refractivity contribution is 1.21. The minimum atomic E-state index is 0.968. The lowest BCUT2D eigenvalue weighted by Crippen LogP contribution is -1.74. The van der Waals surface area contributed by atoms with Gasteiger partial charge in [-0.15, -0.1) is 0 Å². The van der Waals surface area contributed by atoms with Crippen LogP contribution in [-0.2, 0) is 0 Å². The Bertz CT molecular complexity index is 526. The number of hydrogen-bond donors (Lipinski definition) is 0. The number of nitrogens with zero attached hydrogens (tertiary/aromatic N) is 1. The maximum atomic E-state index is 3.92. The van der Waals surface area contributed by atoms with E-state index in [0.717, 1.165) is 24.0 Å². The maximum Gasteiger partial charge on any atom is 0.0277 e. The molecule has 0 spiro atoms. The molecular formula is C20H25N. The van der Waals surface area contributed by atoms with Crippen LogP contribution in [0.15, 0.2) is 77.4 Å². The molecule has 110 valence electrons. The zero-order valence-corrected chi connectivity index (χ0v) is 13.3. The molecule has 1 nitrogen and oxygen atoms in total. The molecule has 1 heteroatoms. The first kappa shape index (κ1) is 18.7. The van der Waals surface area contributed by atoms with Crippen molar-refractivity contribution in [1.29, 1.82) is 0 Å². The Labute approximate surface area is 129 Å². The average Bonchev–Trinajstić information content (AvgIpc) is 2.49. The summed E-state index contributed by atoms with van der Waals surface area (Å²) < 4.78 is 0. The third kappa shape index (κ3) is 11.2. The molecule has 0 radical (unpaired) electrons. The molecule has 0 amide bonds. The Morgan fingerprint density at radius 3 is 2.43 bits per heavy atom. The van der Waals surface area contributed by atoms with Crippen LogP contribution < -0.4 is 0 Å². The van der Waals surface area contributed by atoms with E-state index in [4.69, 9.17) is 0 Å². The predicted octanol–water partition coefficient (Wildman–Crippen LogP) is 5.22. The van der Waals surface area contributed by atoms with Gasteiger partial charge in [0.1, 0.15) is 0 Å². The topological polar surface area (TPSA) is 12.4 Å². The molecule has 0 saturated carbocycles. The highest BCUT2D eigenvalue weighted by molar-refractivity contribution is 5.72. The minimum Gasteiger partial charge on any atom is -0.297 e. The van der Waals surface area contributed by atoms with Crippen molar-refractivity contribution < 1.29 is 0 Å². The monoisotopic (exact) mass is 279 g/mol. The van der Waals surface area contributed by atoms with Gasteiger partial charge in [0.25, 0.3) is 0 Å². The maximum absolute atomic E-state index is 3.92. The second kappa shape index (κ2) is 14.1. The van der Waals surface area contributed by atoms with E-state index in [0.29, 0.717) is 0 Å². The summed E-state index contributed by atoms with van der Waals surface area (Å²) >= 11 is 0. The summed E-state index contributed by atoms with van der Waals surface area (Å²) in [6.45, 7) is 7.88. The smallest absolute Gasteiger partial charge is 0.0277 e. The Kier molecular flexibility index (Phi) is 12.5. The number of hydrogen-bond acceptors (Lipinski definition) is 1. The van der Waals surface area contributed by atoms with Crippen LogP contribution in [0.4, 0.5) is 0 Å². The highest BCUT2D eigenvalue weighted by Crippen LogP contribution is 2.01. The van der Waals surface area contributed by atoms with E-state index in [2.05, 4.69) is 49.4 Å². The van der Waals surface area contributed by atoms with E-state index >= 15 is 0 Å². The van der Waals surface area contributed by atoms with Crippen molar-refractivity contribution in [3.63, 3.8) is 0 Å². The lowest BCUT2D eigenvalue weighted by atomic mass is 10.1. The first-order valence-electron chi connectivity index (χ1n) is 7.24. The van der Waals surface area contributed by atoms with Gasteiger partial charge in [-0.1, -0.05) is 62.6 Å². The largest absolute Gasteiger partial charge is 0.297 e. The van der Waals surface area contributed by atoms with Crippen LogP contribution in [0, 0.1) is 11.8 Å². The molecule has 0 aromatic heterocycles. The van der Waals surface area contributed by atoms with Gasteiger partial charge in [-0.2, -0.15) is 0 Å². The zero-order chi connectivity index (χ0) is 15.8. The molecule has 0 aliphatic heterocycles. The zero-order valence-electron chi connectivity index (χ0n) is 13.3. The van der Waals surface area contributed by atoms with Gasteiger partial charge in [-0.3, -0.25) is 4.99 Å². The first-order valence-corrected chi connectivity index (χ1v) is 7.24. The van der Waals surface area contributed by atoms with Crippen molar-refractivity contribution >= 4 is 6.21 Å². The quantitative estimate of drug-likeness (QED) is 0.344. The highest BCUT2D eigenvalue weighted by Gasteiger charge is 1.84. The van der Waals surface area contributed by atoms with Crippen molar-refractivity contribution in [3.05, 3.63) is 72.4 Å². The Balaban J connectivity index is 4.90. The molecule has 0 unspecified atom stereocenters. The third-order valence-corrected chi connectivity index (χ3v) is 2.38. The van der Waals surface area contributed by atoms with Gasteiger partial charge in [0.15, 0.2) is 0 Å². The molecule has 0 aromatic carbocycles. The van der Waals surface area contributed by atoms with E-state index in [-0.39, 0.29) is 0 Å². The van der Waals surface area contributed by atoms with E-state index in [1.54, 1.807) is 19.3 Å². The van der Waals surface area contributed by atoms with E-state index in [9.17, 15) is 0 Å². The highest BCUT2D eigenvalue weighted by atomic mass is 14.6. The second-order valence-corrected chi connectivity index (χ2v) is 4.14. The van der Waals surface area contributed by atoms with Crippen LogP contribution in [0.2, 0.25) is 0 Å². The normalized spacial score (nSPS) is 13.5. The molecule has 0 aliphatic rings. The van der Waals surface area contributed by atoms with Crippen LogP contribution in [0.1, 0.15) is 26.7 Å². The van der Waals surface area contributed by atoms with Crippen LogP contribution in [0.3, 0.4) is 0 Å². The number of aliphatic imine (C=N–C) groups is 1. The SMILES string of the molecule is C=C/C=C\C(C#CC=CC(/C=C\C=N\C)=C/CC)=C/CC. The summed E-state index contributed by atoms with van der Waals surface area (Å²) in [7, 11) is 1.76. The fourth-order valence-corrected chi connectivity index (χ4v) is 1.48.